The molecule has 3 aliphatic rings. The van der Waals surface area contributed by atoms with Gasteiger partial charge >= 0.3 is 0 Å². The number of ether oxygens (including phenoxy) is 1. The maximum absolute atomic E-state index is 13.3. The molecule has 0 unspecified atom stereocenters. The highest BCUT2D eigenvalue weighted by atomic mass is 19.1. The van der Waals surface area contributed by atoms with Crippen LogP contribution in [0.1, 0.15) is 68.1 Å². The fraction of sp³-hybridized carbons (Fsp3) is 0.611. The Kier molecular flexibility index (Phi) is 2.88. The Morgan fingerprint density at radius 3 is 2.43 bits per heavy atom. The van der Waals surface area contributed by atoms with E-state index in [2.05, 4.69) is 0 Å². The normalized spacial score (nSPS) is 25.9. The van der Waals surface area contributed by atoms with E-state index in [4.69, 9.17) is 4.74 Å². The van der Waals surface area contributed by atoms with E-state index in [1.54, 1.807) is 6.07 Å². The van der Waals surface area contributed by atoms with E-state index >= 15 is 0 Å². The van der Waals surface area contributed by atoms with Crippen LogP contribution in [0, 0.1) is 11.2 Å². The molecule has 0 saturated heterocycles. The molecule has 2 nitrogen and oxygen atoms in total. The molecule has 2 aliphatic carbocycles. The molecule has 1 aliphatic heterocycles. The standard InChI is InChI=1S/C18H21FO2/c19-13-3-4-16-14(11-13)15(20)12-18(21-16)9-7-17(8-10-18)5-1-2-6-17/h3-4,11H,1-2,5-10,12H2. The van der Waals surface area contributed by atoms with Crippen LogP contribution >= 0.6 is 0 Å². The Balaban J connectivity index is 1.58. The minimum atomic E-state index is -0.366. The highest BCUT2D eigenvalue weighted by molar-refractivity contribution is 6.00. The molecule has 4 rings (SSSR count). The number of rotatable bonds is 0. The SMILES string of the molecule is O=C1CC2(CCC3(CCCC3)CC2)Oc2ccc(F)cc21. The van der Waals surface area contributed by atoms with E-state index in [0.717, 1.165) is 12.8 Å². The first kappa shape index (κ1) is 13.3. The Morgan fingerprint density at radius 2 is 1.71 bits per heavy atom. The van der Waals surface area contributed by atoms with Crippen molar-refractivity contribution in [1.29, 1.82) is 0 Å². The first-order chi connectivity index (χ1) is 10.1. The van der Waals surface area contributed by atoms with Crippen LogP contribution in [0.15, 0.2) is 18.2 Å². The van der Waals surface area contributed by atoms with E-state index in [0.29, 0.717) is 23.1 Å². The number of halogens is 1. The van der Waals surface area contributed by atoms with Gasteiger partial charge in [0.1, 0.15) is 17.2 Å². The summed E-state index contributed by atoms with van der Waals surface area (Å²) in [5.41, 5.74) is 0.623. The van der Waals surface area contributed by atoms with Crippen LogP contribution in [0.2, 0.25) is 0 Å². The number of benzene rings is 1. The fourth-order valence-corrected chi connectivity index (χ4v) is 4.61. The molecule has 1 aromatic rings. The first-order valence-corrected chi connectivity index (χ1v) is 8.12. The zero-order valence-electron chi connectivity index (χ0n) is 12.3. The van der Waals surface area contributed by atoms with E-state index < -0.39 is 0 Å². The van der Waals surface area contributed by atoms with Gasteiger partial charge in [-0.05, 0) is 62.1 Å². The van der Waals surface area contributed by atoms with Crippen molar-refractivity contribution in [2.45, 2.75) is 63.4 Å². The molecule has 2 saturated carbocycles. The first-order valence-electron chi connectivity index (χ1n) is 8.12. The molecule has 0 atom stereocenters. The quantitative estimate of drug-likeness (QED) is 0.693. The molecular weight excluding hydrogens is 267 g/mol. The highest BCUT2D eigenvalue weighted by Gasteiger charge is 2.48. The van der Waals surface area contributed by atoms with Gasteiger partial charge in [-0.15, -0.1) is 0 Å². The lowest BCUT2D eigenvalue weighted by Crippen LogP contribution is -2.46. The lowest BCUT2D eigenvalue weighted by molar-refractivity contribution is -0.0200. The van der Waals surface area contributed by atoms with Gasteiger partial charge in [0, 0.05) is 0 Å². The third kappa shape index (κ3) is 2.18. The number of fused-ring (bicyclic) bond motifs is 1. The maximum atomic E-state index is 13.3. The van der Waals surface area contributed by atoms with E-state index in [-0.39, 0.29) is 17.2 Å². The van der Waals surface area contributed by atoms with E-state index in [1.165, 1.54) is 50.7 Å². The third-order valence-electron chi connectivity index (χ3n) is 5.94. The molecule has 112 valence electrons. The zero-order valence-corrected chi connectivity index (χ0v) is 12.3. The summed E-state index contributed by atoms with van der Waals surface area (Å²) in [4.78, 5) is 12.4. The average Bonchev–Trinajstić information content (AvgIpc) is 2.93. The molecule has 1 aromatic carbocycles. The number of hydrogen-bond donors (Lipinski definition) is 0. The van der Waals surface area contributed by atoms with Crippen molar-refractivity contribution in [2.75, 3.05) is 0 Å². The minimum absolute atomic E-state index is 0.0399. The van der Waals surface area contributed by atoms with Gasteiger partial charge in [0.2, 0.25) is 0 Å². The summed E-state index contributed by atoms with van der Waals surface area (Å²) in [5.74, 6) is 0.253. The van der Waals surface area contributed by atoms with Crippen molar-refractivity contribution in [3.8, 4) is 5.75 Å². The predicted molar refractivity (Wildman–Crippen MR) is 78.1 cm³/mol. The van der Waals surface area contributed by atoms with Crippen LogP contribution in [0.4, 0.5) is 4.39 Å². The van der Waals surface area contributed by atoms with Gasteiger partial charge < -0.3 is 4.74 Å². The summed E-state index contributed by atoms with van der Waals surface area (Å²) in [6.45, 7) is 0. The molecule has 0 N–H and O–H groups in total. The van der Waals surface area contributed by atoms with Crippen molar-refractivity contribution < 1.29 is 13.9 Å². The summed E-state index contributed by atoms with van der Waals surface area (Å²) < 4.78 is 19.5. The minimum Gasteiger partial charge on any atom is -0.486 e. The molecule has 0 bridgehead atoms. The van der Waals surface area contributed by atoms with Gasteiger partial charge in [-0.3, -0.25) is 4.79 Å². The van der Waals surface area contributed by atoms with Crippen molar-refractivity contribution in [1.82, 2.24) is 0 Å². The van der Waals surface area contributed by atoms with Gasteiger partial charge in [0.15, 0.2) is 5.78 Å². The molecule has 2 fully saturated rings. The highest BCUT2D eigenvalue weighted by Crippen LogP contribution is 2.54. The topological polar surface area (TPSA) is 26.3 Å². The molecule has 2 spiro atoms. The van der Waals surface area contributed by atoms with Gasteiger partial charge in [0.05, 0.1) is 12.0 Å². The van der Waals surface area contributed by atoms with Crippen molar-refractivity contribution in [2.24, 2.45) is 5.41 Å². The van der Waals surface area contributed by atoms with Crippen LogP contribution in [0.5, 0.6) is 5.75 Å². The molecule has 0 aromatic heterocycles. The van der Waals surface area contributed by atoms with Crippen LogP contribution in [-0.4, -0.2) is 11.4 Å². The number of ketones is 1. The lowest BCUT2D eigenvalue weighted by Gasteiger charge is -2.46. The summed E-state index contributed by atoms with van der Waals surface area (Å²) in [5, 5.41) is 0. The number of Topliss-reactive ketones (excluding diaryl/α,β-unsaturated/α-hetero) is 1. The van der Waals surface area contributed by atoms with Crippen molar-refractivity contribution in [3.63, 3.8) is 0 Å². The van der Waals surface area contributed by atoms with Crippen molar-refractivity contribution in [3.05, 3.63) is 29.6 Å². The van der Waals surface area contributed by atoms with E-state index in [9.17, 15) is 9.18 Å². The molecule has 3 heteroatoms. The largest absolute Gasteiger partial charge is 0.486 e. The average molecular weight is 288 g/mol. The second-order valence-corrected chi connectivity index (χ2v) is 7.23. The third-order valence-corrected chi connectivity index (χ3v) is 5.94. The van der Waals surface area contributed by atoms with Gasteiger partial charge in [0.25, 0.3) is 0 Å². The Hall–Kier alpha value is -1.38. The Labute approximate surface area is 124 Å². The molecule has 0 amide bonds. The van der Waals surface area contributed by atoms with Gasteiger partial charge in [-0.25, -0.2) is 4.39 Å². The Morgan fingerprint density at radius 1 is 1.00 bits per heavy atom. The lowest BCUT2D eigenvalue weighted by atomic mass is 9.66. The maximum Gasteiger partial charge on any atom is 0.170 e. The summed E-state index contributed by atoms with van der Waals surface area (Å²) in [6.07, 6.45) is 10.1. The van der Waals surface area contributed by atoms with Gasteiger partial charge in [-0.1, -0.05) is 12.8 Å². The monoisotopic (exact) mass is 288 g/mol. The number of hydrogen-bond acceptors (Lipinski definition) is 2. The number of carbonyl (C=O) groups is 1. The van der Waals surface area contributed by atoms with Crippen molar-refractivity contribution >= 4 is 5.78 Å². The smallest absolute Gasteiger partial charge is 0.170 e. The Bertz CT molecular complexity index is 577. The van der Waals surface area contributed by atoms with Gasteiger partial charge in [-0.2, -0.15) is 0 Å². The second kappa shape index (κ2) is 4.56. The second-order valence-electron chi connectivity index (χ2n) is 7.23. The fourth-order valence-electron chi connectivity index (χ4n) is 4.61. The molecule has 0 radical (unpaired) electrons. The van der Waals surface area contributed by atoms with Crippen LogP contribution in [0.25, 0.3) is 0 Å². The predicted octanol–water partition coefficient (Wildman–Crippen LogP) is 4.66. The summed E-state index contributed by atoms with van der Waals surface area (Å²) in [7, 11) is 0. The van der Waals surface area contributed by atoms with Crippen LogP contribution in [-0.2, 0) is 0 Å². The number of carbonyl (C=O) groups excluding carboxylic acids is 1. The zero-order chi connectivity index (χ0) is 14.5. The van der Waals surface area contributed by atoms with Crippen LogP contribution in [0.3, 0.4) is 0 Å². The summed E-state index contributed by atoms with van der Waals surface area (Å²) in [6, 6.07) is 4.31. The summed E-state index contributed by atoms with van der Waals surface area (Å²) >= 11 is 0. The molecular formula is C18H21FO2. The van der Waals surface area contributed by atoms with Crippen LogP contribution < -0.4 is 4.74 Å². The van der Waals surface area contributed by atoms with E-state index in [1.807, 2.05) is 0 Å². The molecule has 1 heterocycles. The molecule has 21 heavy (non-hydrogen) atoms.